The predicted molar refractivity (Wildman–Crippen MR) is 82.1 cm³/mol. The van der Waals surface area contributed by atoms with Crippen molar-refractivity contribution in [3.05, 3.63) is 41.2 Å². The molecule has 2 aromatic rings. The van der Waals surface area contributed by atoms with Crippen LogP contribution in [0.1, 0.15) is 28.5 Å². The van der Waals surface area contributed by atoms with Crippen LogP contribution in [0.15, 0.2) is 24.4 Å². The molecule has 0 saturated heterocycles. The molecule has 0 saturated carbocycles. The van der Waals surface area contributed by atoms with Gasteiger partial charge in [-0.2, -0.15) is 5.10 Å². The number of aryl methyl sites for hydroxylation is 1. The first kappa shape index (κ1) is 14.9. The van der Waals surface area contributed by atoms with E-state index >= 15 is 0 Å². The Hall–Kier alpha value is -2.50. The second kappa shape index (κ2) is 6.30. The molecule has 2 rings (SSSR count). The van der Waals surface area contributed by atoms with E-state index in [1.807, 2.05) is 24.9 Å². The van der Waals surface area contributed by atoms with Gasteiger partial charge in [-0.05, 0) is 32.0 Å². The van der Waals surface area contributed by atoms with Gasteiger partial charge in [0.15, 0.2) is 0 Å². The van der Waals surface area contributed by atoms with E-state index in [2.05, 4.69) is 10.4 Å². The highest BCUT2D eigenvalue weighted by Gasteiger charge is 2.13. The van der Waals surface area contributed by atoms with E-state index in [-0.39, 0.29) is 5.97 Å². The van der Waals surface area contributed by atoms with Gasteiger partial charge in [0.1, 0.15) is 0 Å². The second-order valence-electron chi connectivity index (χ2n) is 4.76. The van der Waals surface area contributed by atoms with E-state index in [4.69, 9.17) is 10.5 Å². The highest BCUT2D eigenvalue weighted by atomic mass is 16.5. The molecule has 6 nitrogen and oxygen atoms in total. The summed E-state index contributed by atoms with van der Waals surface area (Å²) >= 11 is 0. The van der Waals surface area contributed by atoms with Gasteiger partial charge < -0.3 is 15.8 Å². The van der Waals surface area contributed by atoms with Crippen molar-refractivity contribution < 1.29 is 9.53 Å². The Bertz CT molecular complexity index is 649. The van der Waals surface area contributed by atoms with Gasteiger partial charge in [-0.25, -0.2) is 4.79 Å². The van der Waals surface area contributed by atoms with Gasteiger partial charge in [0.25, 0.3) is 0 Å². The lowest BCUT2D eigenvalue weighted by Gasteiger charge is -2.12. The number of nitrogens with two attached hydrogens (primary N) is 1. The molecule has 112 valence electrons. The number of aromatic nitrogens is 2. The summed E-state index contributed by atoms with van der Waals surface area (Å²) in [7, 11) is 1.89. The summed E-state index contributed by atoms with van der Waals surface area (Å²) in [6.07, 6.45) is 1.81. The molecule has 1 heterocycles. The Morgan fingerprint density at radius 3 is 2.86 bits per heavy atom. The van der Waals surface area contributed by atoms with Crippen LogP contribution in [0.2, 0.25) is 0 Å². The quantitative estimate of drug-likeness (QED) is 0.650. The molecule has 0 spiro atoms. The highest BCUT2D eigenvalue weighted by molar-refractivity contribution is 5.96. The van der Waals surface area contributed by atoms with E-state index in [9.17, 15) is 4.79 Å². The Labute approximate surface area is 123 Å². The smallest absolute Gasteiger partial charge is 0.340 e. The number of ether oxygens (including phenoxy) is 1. The molecular weight excluding hydrogens is 268 g/mol. The zero-order valence-corrected chi connectivity index (χ0v) is 12.5. The van der Waals surface area contributed by atoms with Gasteiger partial charge in [0, 0.05) is 36.2 Å². The molecule has 3 N–H and O–H groups in total. The summed E-state index contributed by atoms with van der Waals surface area (Å²) in [6, 6.07) is 5.16. The number of nitrogen functional groups attached to an aromatic ring is 1. The van der Waals surface area contributed by atoms with Crippen LogP contribution in [-0.2, 0) is 18.3 Å². The SMILES string of the molecule is CCOC(=O)c1cc(N)ccc1NCc1cnn(C)c1C. The molecule has 1 aromatic heterocycles. The van der Waals surface area contributed by atoms with E-state index in [0.717, 1.165) is 11.3 Å². The first-order chi connectivity index (χ1) is 10.0. The maximum atomic E-state index is 12.0. The number of anilines is 2. The third-order valence-electron chi connectivity index (χ3n) is 3.35. The fraction of sp³-hybridized carbons (Fsp3) is 0.333. The topological polar surface area (TPSA) is 82.2 Å². The number of carbonyl (C=O) groups is 1. The van der Waals surface area contributed by atoms with Crippen molar-refractivity contribution in [2.75, 3.05) is 17.7 Å². The van der Waals surface area contributed by atoms with E-state index < -0.39 is 0 Å². The second-order valence-corrected chi connectivity index (χ2v) is 4.76. The summed E-state index contributed by atoms with van der Waals surface area (Å²) in [5.74, 6) is -0.379. The zero-order valence-electron chi connectivity index (χ0n) is 12.5. The number of rotatable bonds is 5. The lowest BCUT2D eigenvalue weighted by Crippen LogP contribution is -2.10. The molecule has 0 aliphatic heterocycles. The van der Waals surface area contributed by atoms with Gasteiger partial charge in [-0.15, -0.1) is 0 Å². The third-order valence-corrected chi connectivity index (χ3v) is 3.35. The van der Waals surface area contributed by atoms with Crippen molar-refractivity contribution >= 4 is 17.3 Å². The summed E-state index contributed by atoms with van der Waals surface area (Å²) in [5, 5.41) is 7.44. The van der Waals surface area contributed by atoms with Crippen LogP contribution in [0.3, 0.4) is 0 Å². The maximum Gasteiger partial charge on any atom is 0.340 e. The molecule has 0 unspecified atom stereocenters. The number of nitrogens with zero attached hydrogens (tertiary/aromatic N) is 2. The van der Waals surface area contributed by atoms with Crippen molar-refractivity contribution in [1.82, 2.24) is 9.78 Å². The Morgan fingerprint density at radius 2 is 2.24 bits per heavy atom. The number of carbonyl (C=O) groups excluding carboxylic acids is 1. The van der Waals surface area contributed by atoms with Crippen molar-refractivity contribution in [2.45, 2.75) is 20.4 Å². The predicted octanol–water partition coefficient (Wildman–Crippen LogP) is 2.10. The highest BCUT2D eigenvalue weighted by Crippen LogP contribution is 2.21. The van der Waals surface area contributed by atoms with E-state index in [1.54, 1.807) is 25.1 Å². The molecule has 0 amide bonds. The van der Waals surface area contributed by atoms with E-state index in [0.29, 0.717) is 30.1 Å². The zero-order chi connectivity index (χ0) is 15.4. The Kier molecular flexibility index (Phi) is 4.47. The van der Waals surface area contributed by atoms with Crippen LogP contribution >= 0.6 is 0 Å². The lowest BCUT2D eigenvalue weighted by molar-refractivity contribution is 0.0527. The molecule has 6 heteroatoms. The number of benzene rings is 1. The van der Waals surface area contributed by atoms with Crippen LogP contribution in [0.25, 0.3) is 0 Å². The number of esters is 1. The average molecular weight is 288 g/mol. The molecule has 0 aliphatic rings. The molecule has 21 heavy (non-hydrogen) atoms. The third kappa shape index (κ3) is 3.34. The molecule has 0 fully saturated rings. The largest absolute Gasteiger partial charge is 0.462 e. The fourth-order valence-electron chi connectivity index (χ4n) is 2.00. The van der Waals surface area contributed by atoms with Crippen molar-refractivity contribution in [2.24, 2.45) is 7.05 Å². The van der Waals surface area contributed by atoms with Crippen LogP contribution in [-0.4, -0.2) is 22.4 Å². The summed E-state index contributed by atoms with van der Waals surface area (Å²) < 4.78 is 6.86. The minimum atomic E-state index is -0.379. The van der Waals surface area contributed by atoms with Gasteiger partial charge in [-0.3, -0.25) is 4.68 Å². The van der Waals surface area contributed by atoms with Crippen molar-refractivity contribution in [3.8, 4) is 0 Å². The van der Waals surface area contributed by atoms with Gasteiger partial charge in [0.2, 0.25) is 0 Å². The van der Waals surface area contributed by atoms with Crippen LogP contribution in [0.4, 0.5) is 11.4 Å². The molecule has 0 radical (unpaired) electrons. The molecule has 0 atom stereocenters. The number of nitrogens with one attached hydrogen (secondary N) is 1. The standard InChI is InChI=1S/C15H20N4O2/c1-4-21-15(20)13-7-12(16)5-6-14(13)17-8-11-9-18-19(3)10(11)2/h5-7,9,17H,4,8,16H2,1-3H3. The van der Waals surface area contributed by atoms with Gasteiger partial charge in [0.05, 0.1) is 18.4 Å². The summed E-state index contributed by atoms with van der Waals surface area (Å²) in [6.45, 7) is 4.68. The van der Waals surface area contributed by atoms with Gasteiger partial charge >= 0.3 is 5.97 Å². The van der Waals surface area contributed by atoms with Gasteiger partial charge in [-0.1, -0.05) is 0 Å². The molecule has 1 aromatic carbocycles. The van der Waals surface area contributed by atoms with Crippen LogP contribution in [0, 0.1) is 6.92 Å². The summed E-state index contributed by atoms with van der Waals surface area (Å²) in [5.41, 5.74) is 9.57. The van der Waals surface area contributed by atoms with E-state index in [1.165, 1.54) is 0 Å². The Balaban J connectivity index is 2.19. The first-order valence-corrected chi connectivity index (χ1v) is 6.81. The molecule has 0 bridgehead atoms. The molecule has 0 aliphatic carbocycles. The average Bonchev–Trinajstić information content (AvgIpc) is 2.78. The minimum Gasteiger partial charge on any atom is -0.462 e. The van der Waals surface area contributed by atoms with Crippen LogP contribution in [0.5, 0.6) is 0 Å². The number of hydrogen-bond acceptors (Lipinski definition) is 5. The van der Waals surface area contributed by atoms with Crippen molar-refractivity contribution in [3.63, 3.8) is 0 Å². The maximum absolute atomic E-state index is 12.0. The fourth-order valence-corrected chi connectivity index (χ4v) is 2.00. The molecular formula is C15H20N4O2. The Morgan fingerprint density at radius 1 is 1.48 bits per heavy atom. The first-order valence-electron chi connectivity index (χ1n) is 6.81. The van der Waals surface area contributed by atoms with Crippen LogP contribution < -0.4 is 11.1 Å². The minimum absolute atomic E-state index is 0.328. The monoisotopic (exact) mass is 288 g/mol. The lowest BCUT2D eigenvalue weighted by atomic mass is 10.1. The van der Waals surface area contributed by atoms with Crippen molar-refractivity contribution in [1.29, 1.82) is 0 Å². The number of hydrogen-bond donors (Lipinski definition) is 2. The summed E-state index contributed by atoms with van der Waals surface area (Å²) in [4.78, 5) is 12.0. The normalized spacial score (nSPS) is 10.4.